The Labute approximate surface area is 129 Å². The van der Waals surface area contributed by atoms with Gasteiger partial charge in [0, 0.05) is 24.1 Å². The maximum atomic E-state index is 11.6. The van der Waals surface area contributed by atoms with Gasteiger partial charge in [-0.25, -0.2) is 0 Å². The number of aryl methyl sites for hydroxylation is 1. The summed E-state index contributed by atoms with van der Waals surface area (Å²) in [6, 6.07) is 14.0. The molecule has 0 atom stereocenters. The van der Waals surface area contributed by atoms with Crippen LogP contribution in [-0.4, -0.2) is 18.2 Å². The van der Waals surface area contributed by atoms with E-state index in [2.05, 4.69) is 17.4 Å². The third-order valence-electron chi connectivity index (χ3n) is 2.82. The summed E-state index contributed by atoms with van der Waals surface area (Å²) in [5.41, 5.74) is 1.31. The third kappa shape index (κ3) is 5.92. The molecule has 0 saturated heterocycles. The van der Waals surface area contributed by atoms with Gasteiger partial charge in [-0.1, -0.05) is 30.3 Å². The minimum Gasteiger partial charge on any atom is -0.462 e. The first-order valence-corrected chi connectivity index (χ1v) is 8.03. The lowest BCUT2D eigenvalue weighted by Crippen LogP contribution is -2.23. The Morgan fingerprint density at radius 3 is 2.76 bits per heavy atom. The molecule has 0 unspecified atom stereocenters. The van der Waals surface area contributed by atoms with E-state index in [0.29, 0.717) is 12.3 Å². The highest BCUT2D eigenvalue weighted by atomic mass is 32.2. The van der Waals surface area contributed by atoms with Crippen molar-refractivity contribution in [2.45, 2.75) is 12.7 Å². The number of hydrogen-bond donors (Lipinski definition) is 1. The molecule has 1 aromatic heterocycles. The van der Waals surface area contributed by atoms with Gasteiger partial charge in [0.25, 0.3) is 0 Å². The van der Waals surface area contributed by atoms with Crippen molar-refractivity contribution in [2.75, 3.05) is 12.3 Å². The van der Waals surface area contributed by atoms with Gasteiger partial charge < -0.3 is 9.73 Å². The second kappa shape index (κ2) is 8.37. The minimum atomic E-state index is -0.0932. The number of furan rings is 1. The molecular weight excluding hydrogens is 282 g/mol. The summed E-state index contributed by atoms with van der Waals surface area (Å²) in [5.74, 6) is 3.31. The van der Waals surface area contributed by atoms with Crippen molar-refractivity contribution < 1.29 is 9.21 Å². The molecule has 0 aliphatic heterocycles. The van der Waals surface area contributed by atoms with E-state index in [4.69, 9.17) is 4.42 Å². The summed E-state index contributed by atoms with van der Waals surface area (Å²) in [6.07, 6.45) is 3.18. The van der Waals surface area contributed by atoms with Gasteiger partial charge >= 0.3 is 0 Å². The van der Waals surface area contributed by atoms with E-state index < -0.39 is 0 Å². The van der Waals surface area contributed by atoms with Crippen LogP contribution in [0.1, 0.15) is 17.1 Å². The first-order chi connectivity index (χ1) is 10.2. The van der Waals surface area contributed by atoms with Crippen LogP contribution in [0.25, 0.3) is 6.08 Å². The number of hydrogen-bond acceptors (Lipinski definition) is 3. The Morgan fingerprint density at radius 1 is 1.24 bits per heavy atom. The quantitative estimate of drug-likeness (QED) is 0.627. The van der Waals surface area contributed by atoms with Crippen molar-refractivity contribution in [2.24, 2.45) is 0 Å². The van der Waals surface area contributed by atoms with Crippen molar-refractivity contribution >= 4 is 23.7 Å². The van der Waals surface area contributed by atoms with Crippen LogP contribution in [0.15, 0.2) is 53.0 Å². The topological polar surface area (TPSA) is 42.2 Å². The van der Waals surface area contributed by atoms with E-state index in [1.54, 1.807) is 6.08 Å². The molecule has 0 radical (unpaired) electrons. The van der Waals surface area contributed by atoms with E-state index in [1.807, 2.05) is 49.0 Å². The van der Waals surface area contributed by atoms with E-state index in [0.717, 1.165) is 17.3 Å². The summed E-state index contributed by atoms with van der Waals surface area (Å²) in [4.78, 5) is 11.6. The average Bonchev–Trinajstić information content (AvgIpc) is 2.91. The van der Waals surface area contributed by atoms with Crippen LogP contribution in [-0.2, 0) is 10.5 Å². The van der Waals surface area contributed by atoms with Crippen LogP contribution in [0.3, 0.4) is 0 Å². The molecule has 2 aromatic rings. The number of carbonyl (C=O) groups is 1. The van der Waals surface area contributed by atoms with Gasteiger partial charge in [0.1, 0.15) is 11.5 Å². The van der Waals surface area contributed by atoms with Crippen molar-refractivity contribution in [3.63, 3.8) is 0 Å². The number of thioether (sulfide) groups is 1. The Morgan fingerprint density at radius 2 is 2.05 bits per heavy atom. The normalized spacial score (nSPS) is 10.9. The Balaban J connectivity index is 1.60. The average molecular weight is 301 g/mol. The van der Waals surface area contributed by atoms with Crippen LogP contribution in [0.2, 0.25) is 0 Å². The van der Waals surface area contributed by atoms with Crippen LogP contribution in [0, 0.1) is 6.92 Å². The molecular formula is C17H19NO2S. The molecule has 0 saturated carbocycles. The van der Waals surface area contributed by atoms with Crippen LogP contribution in [0.4, 0.5) is 0 Å². The summed E-state index contributed by atoms with van der Waals surface area (Å²) in [6.45, 7) is 2.54. The molecule has 2 rings (SSSR count). The highest BCUT2D eigenvalue weighted by Gasteiger charge is 1.98. The lowest BCUT2D eigenvalue weighted by molar-refractivity contribution is -0.116. The summed E-state index contributed by atoms with van der Waals surface area (Å²) in [7, 11) is 0. The maximum absolute atomic E-state index is 11.6. The van der Waals surface area contributed by atoms with Crippen molar-refractivity contribution in [3.8, 4) is 0 Å². The Hall–Kier alpha value is -1.94. The molecule has 1 amide bonds. The van der Waals surface area contributed by atoms with Gasteiger partial charge in [-0.15, -0.1) is 0 Å². The molecule has 1 aromatic carbocycles. The van der Waals surface area contributed by atoms with Crippen LogP contribution in [0.5, 0.6) is 0 Å². The summed E-state index contributed by atoms with van der Waals surface area (Å²) >= 11 is 1.81. The molecule has 0 aliphatic rings. The van der Waals surface area contributed by atoms with E-state index >= 15 is 0 Å². The zero-order chi connectivity index (χ0) is 14.9. The zero-order valence-corrected chi connectivity index (χ0v) is 12.9. The van der Waals surface area contributed by atoms with Crippen molar-refractivity contribution in [1.82, 2.24) is 5.32 Å². The molecule has 1 N–H and O–H groups in total. The molecule has 110 valence electrons. The number of carbonyl (C=O) groups excluding carboxylic acids is 1. The van der Waals surface area contributed by atoms with E-state index in [-0.39, 0.29) is 5.91 Å². The monoisotopic (exact) mass is 301 g/mol. The Kier molecular flexibility index (Phi) is 6.16. The van der Waals surface area contributed by atoms with Crippen LogP contribution >= 0.6 is 11.8 Å². The molecule has 0 bridgehead atoms. The second-order valence-corrected chi connectivity index (χ2v) is 5.72. The van der Waals surface area contributed by atoms with Crippen molar-refractivity contribution in [3.05, 3.63) is 65.6 Å². The number of rotatable bonds is 7. The maximum Gasteiger partial charge on any atom is 0.244 e. The summed E-state index contributed by atoms with van der Waals surface area (Å²) < 4.78 is 5.36. The second-order valence-electron chi connectivity index (χ2n) is 4.61. The predicted molar refractivity (Wildman–Crippen MR) is 88.1 cm³/mol. The lowest BCUT2D eigenvalue weighted by atomic mass is 10.2. The first-order valence-electron chi connectivity index (χ1n) is 6.88. The third-order valence-corrected chi connectivity index (χ3v) is 3.85. The number of amides is 1. The molecule has 3 nitrogen and oxygen atoms in total. The minimum absolute atomic E-state index is 0.0932. The van der Waals surface area contributed by atoms with E-state index in [1.165, 1.54) is 11.6 Å². The highest BCUT2D eigenvalue weighted by Crippen LogP contribution is 2.10. The van der Waals surface area contributed by atoms with Gasteiger partial charge in [-0.3, -0.25) is 4.79 Å². The molecule has 0 spiro atoms. The standard InChI is InChI=1S/C17H19NO2S/c1-14-7-8-16(20-14)9-10-17(19)18-11-12-21-13-15-5-3-2-4-6-15/h2-10H,11-13H2,1H3,(H,18,19)/b10-9+. The molecule has 0 aliphatic carbocycles. The largest absolute Gasteiger partial charge is 0.462 e. The molecule has 0 fully saturated rings. The van der Waals surface area contributed by atoms with Gasteiger partial charge in [-0.2, -0.15) is 11.8 Å². The summed E-state index contributed by atoms with van der Waals surface area (Å²) in [5, 5.41) is 2.86. The fourth-order valence-electron chi connectivity index (χ4n) is 1.77. The first kappa shape index (κ1) is 15.4. The highest BCUT2D eigenvalue weighted by molar-refractivity contribution is 7.98. The molecule has 21 heavy (non-hydrogen) atoms. The Bertz CT molecular complexity index is 590. The fraction of sp³-hybridized carbons (Fsp3) is 0.235. The lowest BCUT2D eigenvalue weighted by Gasteiger charge is -2.03. The fourth-order valence-corrected chi connectivity index (χ4v) is 2.59. The van der Waals surface area contributed by atoms with Gasteiger partial charge in [0.15, 0.2) is 0 Å². The van der Waals surface area contributed by atoms with Crippen LogP contribution < -0.4 is 5.32 Å². The van der Waals surface area contributed by atoms with Gasteiger partial charge in [0.2, 0.25) is 5.91 Å². The van der Waals surface area contributed by atoms with Crippen molar-refractivity contribution in [1.29, 1.82) is 0 Å². The smallest absolute Gasteiger partial charge is 0.244 e. The predicted octanol–water partition coefficient (Wildman–Crippen LogP) is 3.65. The number of benzene rings is 1. The van der Waals surface area contributed by atoms with E-state index in [9.17, 15) is 4.79 Å². The van der Waals surface area contributed by atoms with Gasteiger partial charge in [-0.05, 0) is 30.7 Å². The van der Waals surface area contributed by atoms with Gasteiger partial charge in [0.05, 0.1) is 0 Å². The molecule has 4 heteroatoms. The zero-order valence-electron chi connectivity index (χ0n) is 12.0. The SMILES string of the molecule is Cc1ccc(/C=C/C(=O)NCCSCc2ccccc2)o1. The number of nitrogens with one attached hydrogen (secondary N) is 1. The molecule has 1 heterocycles.